The van der Waals surface area contributed by atoms with Crippen LogP contribution >= 0.6 is 0 Å². The van der Waals surface area contributed by atoms with E-state index in [0.717, 1.165) is 28.1 Å². The van der Waals surface area contributed by atoms with E-state index in [1.165, 1.54) is 5.39 Å². The molecule has 2 aromatic carbocycles. The van der Waals surface area contributed by atoms with Gasteiger partial charge in [0.15, 0.2) is 5.82 Å². The fraction of sp³-hybridized carbons (Fsp3) is 0. The molecule has 18 heavy (non-hydrogen) atoms. The first-order valence-corrected chi connectivity index (χ1v) is 5.93. The molecule has 3 nitrogen and oxygen atoms in total. The molecule has 0 saturated carbocycles. The topological polar surface area (TPSA) is 44.5 Å². The third-order valence-electron chi connectivity index (χ3n) is 3.17. The summed E-state index contributed by atoms with van der Waals surface area (Å²) in [5.41, 5.74) is 4.21. The minimum atomic E-state index is 0.882. The van der Waals surface area contributed by atoms with Crippen molar-refractivity contribution in [3.8, 4) is 11.5 Å². The van der Waals surface area contributed by atoms with Crippen molar-refractivity contribution in [3.63, 3.8) is 0 Å². The molecule has 0 aliphatic heterocycles. The molecule has 2 heterocycles. The van der Waals surface area contributed by atoms with Crippen molar-refractivity contribution < 1.29 is 0 Å². The van der Waals surface area contributed by atoms with Gasteiger partial charge in [-0.2, -0.15) is 0 Å². The summed E-state index contributed by atoms with van der Waals surface area (Å²) in [4.78, 5) is 11.3. The van der Waals surface area contributed by atoms with Gasteiger partial charge in [-0.3, -0.25) is 0 Å². The molecule has 0 spiro atoms. The molecule has 0 amide bonds. The fourth-order valence-electron chi connectivity index (χ4n) is 2.28. The first-order valence-electron chi connectivity index (χ1n) is 5.93. The zero-order chi connectivity index (χ0) is 11.9. The van der Waals surface area contributed by atoms with Crippen LogP contribution in [0, 0.1) is 0 Å². The second kappa shape index (κ2) is 3.47. The Balaban J connectivity index is 1.95. The van der Waals surface area contributed by atoms with E-state index in [1.54, 1.807) is 0 Å². The predicted molar refractivity (Wildman–Crippen MR) is 73.4 cm³/mol. The predicted octanol–water partition coefficient (Wildman–Crippen LogP) is 3.71. The highest BCUT2D eigenvalue weighted by atomic mass is 14.9. The SMILES string of the molecule is c1ccc2[nH]c(-c3nc4ccccc4[nH]3)cc2c1. The standard InChI is InChI=1S/C15H11N3/c1-2-6-11-10(5-1)9-14(16-11)15-17-12-7-3-4-8-13(12)18-15/h1-9,16H,(H,17,18). The fourth-order valence-corrected chi connectivity index (χ4v) is 2.28. The smallest absolute Gasteiger partial charge is 0.155 e. The number of para-hydroxylation sites is 3. The van der Waals surface area contributed by atoms with Crippen LogP contribution in [0.15, 0.2) is 54.6 Å². The van der Waals surface area contributed by atoms with Gasteiger partial charge in [-0.05, 0) is 24.3 Å². The summed E-state index contributed by atoms with van der Waals surface area (Å²) < 4.78 is 0. The maximum Gasteiger partial charge on any atom is 0.155 e. The summed E-state index contributed by atoms with van der Waals surface area (Å²) in [5, 5.41) is 1.20. The lowest BCUT2D eigenvalue weighted by molar-refractivity contribution is 1.29. The van der Waals surface area contributed by atoms with Gasteiger partial charge in [0.2, 0.25) is 0 Å². The summed E-state index contributed by atoms with van der Waals surface area (Å²) in [7, 11) is 0. The van der Waals surface area contributed by atoms with E-state index in [0.29, 0.717) is 0 Å². The third kappa shape index (κ3) is 1.34. The first kappa shape index (κ1) is 9.48. The maximum atomic E-state index is 4.59. The molecule has 0 aliphatic carbocycles. The number of rotatable bonds is 1. The van der Waals surface area contributed by atoms with Crippen molar-refractivity contribution in [2.24, 2.45) is 0 Å². The molecule has 0 radical (unpaired) electrons. The lowest BCUT2D eigenvalue weighted by atomic mass is 10.2. The molecule has 0 fully saturated rings. The Morgan fingerprint density at radius 1 is 0.778 bits per heavy atom. The largest absolute Gasteiger partial charge is 0.352 e. The number of nitrogens with one attached hydrogen (secondary N) is 2. The van der Waals surface area contributed by atoms with Crippen LogP contribution < -0.4 is 0 Å². The molecule has 86 valence electrons. The van der Waals surface area contributed by atoms with Crippen LogP contribution in [0.4, 0.5) is 0 Å². The molecule has 2 aromatic heterocycles. The van der Waals surface area contributed by atoms with E-state index in [9.17, 15) is 0 Å². The normalized spacial score (nSPS) is 11.3. The first-order chi connectivity index (χ1) is 8.90. The Kier molecular flexibility index (Phi) is 1.83. The highest BCUT2D eigenvalue weighted by Crippen LogP contribution is 2.23. The molecule has 0 atom stereocenters. The van der Waals surface area contributed by atoms with Gasteiger partial charge >= 0.3 is 0 Å². The highest BCUT2D eigenvalue weighted by Gasteiger charge is 2.07. The van der Waals surface area contributed by atoms with E-state index in [4.69, 9.17) is 0 Å². The van der Waals surface area contributed by atoms with Crippen LogP contribution in [-0.4, -0.2) is 15.0 Å². The summed E-state index contributed by atoms with van der Waals surface area (Å²) >= 11 is 0. The van der Waals surface area contributed by atoms with Gasteiger partial charge in [0.1, 0.15) is 0 Å². The Bertz CT molecular complexity index is 701. The average Bonchev–Trinajstić information content (AvgIpc) is 3.02. The van der Waals surface area contributed by atoms with Crippen LogP contribution in [0.25, 0.3) is 33.5 Å². The number of benzene rings is 2. The number of fused-ring (bicyclic) bond motifs is 2. The van der Waals surface area contributed by atoms with Crippen molar-refractivity contribution in [3.05, 3.63) is 54.6 Å². The zero-order valence-corrected chi connectivity index (χ0v) is 9.64. The van der Waals surface area contributed by atoms with Gasteiger partial charge in [-0.25, -0.2) is 4.98 Å². The van der Waals surface area contributed by atoms with E-state index in [-0.39, 0.29) is 0 Å². The lowest BCUT2D eigenvalue weighted by Gasteiger charge is -1.88. The van der Waals surface area contributed by atoms with Gasteiger partial charge in [0, 0.05) is 10.9 Å². The van der Waals surface area contributed by atoms with Crippen LogP contribution in [0.1, 0.15) is 0 Å². The van der Waals surface area contributed by atoms with Crippen molar-refractivity contribution in [2.45, 2.75) is 0 Å². The van der Waals surface area contributed by atoms with Crippen molar-refractivity contribution in [1.29, 1.82) is 0 Å². The molecular weight excluding hydrogens is 222 g/mol. The summed E-state index contributed by atoms with van der Waals surface area (Å²) in [6.07, 6.45) is 0. The summed E-state index contributed by atoms with van der Waals surface area (Å²) in [6.45, 7) is 0. The molecule has 4 aromatic rings. The molecule has 4 rings (SSSR count). The molecule has 2 N–H and O–H groups in total. The molecule has 0 aliphatic rings. The van der Waals surface area contributed by atoms with Gasteiger partial charge in [-0.1, -0.05) is 30.3 Å². The van der Waals surface area contributed by atoms with E-state index in [1.807, 2.05) is 36.4 Å². The number of aromatic amines is 2. The minimum absolute atomic E-state index is 0.882. The quantitative estimate of drug-likeness (QED) is 0.517. The summed E-state index contributed by atoms with van der Waals surface area (Å²) in [5.74, 6) is 0.882. The molecule has 0 bridgehead atoms. The Hall–Kier alpha value is -2.55. The van der Waals surface area contributed by atoms with Gasteiger partial charge in [-0.15, -0.1) is 0 Å². The van der Waals surface area contributed by atoms with Crippen molar-refractivity contribution in [2.75, 3.05) is 0 Å². The van der Waals surface area contributed by atoms with Crippen molar-refractivity contribution in [1.82, 2.24) is 15.0 Å². The van der Waals surface area contributed by atoms with E-state index < -0.39 is 0 Å². The van der Waals surface area contributed by atoms with Crippen LogP contribution in [-0.2, 0) is 0 Å². The second-order valence-electron chi connectivity index (χ2n) is 4.37. The second-order valence-corrected chi connectivity index (χ2v) is 4.37. The number of H-pyrrole nitrogens is 2. The number of hydrogen-bond acceptors (Lipinski definition) is 1. The molecule has 3 heteroatoms. The van der Waals surface area contributed by atoms with Gasteiger partial charge in [0.25, 0.3) is 0 Å². The van der Waals surface area contributed by atoms with Crippen LogP contribution in [0.2, 0.25) is 0 Å². The number of aromatic nitrogens is 3. The van der Waals surface area contributed by atoms with Crippen molar-refractivity contribution >= 4 is 21.9 Å². The lowest BCUT2D eigenvalue weighted by Crippen LogP contribution is -1.78. The maximum absolute atomic E-state index is 4.59. The third-order valence-corrected chi connectivity index (χ3v) is 3.17. The highest BCUT2D eigenvalue weighted by molar-refractivity contribution is 5.86. The minimum Gasteiger partial charge on any atom is -0.352 e. The number of nitrogens with zero attached hydrogens (tertiary/aromatic N) is 1. The molecular formula is C15H11N3. The zero-order valence-electron chi connectivity index (χ0n) is 9.64. The Labute approximate surface area is 103 Å². The number of hydrogen-bond donors (Lipinski definition) is 2. The molecule has 0 saturated heterocycles. The van der Waals surface area contributed by atoms with Crippen LogP contribution in [0.5, 0.6) is 0 Å². The van der Waals surface area contributed by atoms with Gasteiger partial charge < -0.3 is 9.97 Å². The average molecular weight is 233 g/mol. The summed E-state index contributed by atoms with van der Waals surface area (Å²) in [6, 6.07) is 18.4. The van der Waals surface area contributed by atoms with E-state index in [2.05, 4.69) is 33.2 Å². The number of imidazole rings is 1. The Morgan fingerprint density at radius 3 is 2.39 bits per heavy atom. The molecule has 0 unspecified atom stereocenters. The monoisotopic (exact) mass is 233 g/mol. The Morgan fingerprint density at radius 2 is 1.56 bits per heavy atom. The van der Waals surface area contributed by atoms with Gasteiger partial charge in [0.05, 0.1) is 16.7 Å². The van der Waals surface area contributed by atoms with E-state index >= 15 is 0 Å². The van der Waals surface area contributed by atoms with Crippen LogP contribution in [0.3, 0.4) is 0 Å².